The fraction of sp³-hybridized carbons (Fsp3) is 0.167. The first kappa shape index (κ1) is 32.4. The Hall–Kier alpha value is -4.57. The standard InChI is InChI=1S/C36H32Cl2N4O4S/c1-36(2,3)26-9-16-30(17-10-26)46-29-14-6-24(7-15-29)8-19-34-39-33(31-18-11-27(37)20-32(31)38)22-41(34)21-25-4-12-28(13-5-25)42-23-35(43)40-47(42,44)45/h4-20,22H,21,23H2,1-3H3,(H,40,43)/b19-8+. The van der Waals surface area contributed by atoms with Crippen molar-refractivity contribution in [2.24, 2.45) is 0 Å². The highest BCUT2D eigenvalue weighted by atomic mass is 35.5. The number of benzene rings is 4. The van der Waals surface area contributed by atoms with Gasteiger partial charge in [0.1, 0.15) is 23.9 Å². The molecule has 1 aliphatic heterocycles. The third-order valence-corrected chi connectivity index (χ3v) is 9.63. The largest absolute Gasteiger partial charge is 0.457 e. The molecule has 0 unspecified atom stereocenters. The summed E-state index contributed by atoms with van der Waals surface area (Å²) in [6.45, 7) is 6.74. The van der Waals surface area contributed by atoms with Crippen LogP contribution in [0.25, 0.3) is 23.4 Å². The van der Waals surface area contributed by atoms with Crippen LogP contribution in [0.4, 0.5) is 5.69 Å². The summed E-state index contributed by atoms with van der Waals surface area (Å²) < 4.78 is 35.6. The molecule has 1 saturated heterocycles. The molecule has 1 amide bonds. The van der Waals surface area contributed by atoms with Gasteiger partial charge in [-0.2, -0.15) is 8.42 Å². The van der Waals surface area contributed by atoms with E-state index in [4.69, 9.17) is 32.9 Å². The van der Waals surface area contributed by atoms with Crippen molar-refractivity contribution in [3.05, 3.63) is 130 Å². The number of amides is 1. The van der Waals surface area contributed by atoms with E-state index in [1.807, 2.05) is 82.2 Å². The Morgan fingerprint density at radius 1 is 0.894 bits per heavy atom. The zero-order valence-corrected chi connectivity index (χ0v) is 28.3. The number of nitrogens with one attached hydrogen (secondary N) is 1. The van der Waals surface area contributed by atoms with Crippen molar-refractivity contribution >= 4 is 57.2 Å². The molecule has 8 nitrogen and oxygen atoms in total. The number of ether oxygens (including phenoxy) is 1. The molecule has 1 fully saturated rings. The maximum absolute atomic E-state index is 12.3. The van der Waals surface area contributed by atoms with Crippen LogP contribution >= 0.6 is 23.2 Å². The lowest BCUT2D eigenvalue weighted by Crippen LogP contribution is -2.29. The number of carbonyl (C=O) groups excluding carboxylic acids is 1. The molecular weight excluding hydrogens is 655 g/mol. The normalized spacial score (nSPS) is 14.5. The number of nitrogens with zero attached hydrogens (tertiary/aromatic N) is 3. The number of carbonyl (C=O) groups is 1. The second-order valence-corrected chi connectivity index (χ2v) is 14.7. The molecule has 240 valence electrons. The summed E-state index contributed by atoms with van der Waals surface area (Å²) >= 11 is 12.7. The lowest BCUT2D eigenvalue weighted by molar-refractivity contribution is -0.117. The zero-order chi connectivity index (χ0) is 33.3. The zero-order valence-electron chi connectivity index (χ0n) is 25.9. The van der Waals surface area contributed by atoms with E-state index in [0.717, 1.165) is 32.5 Å². The quantitative estimate of drug-likeness (QED) is 0.177. The smallest absolute Gasteiger partial charge is 0.326 e. The maximum Gasteiger partial charge on any atom is 0.326 e. The number of hydrogen-bond acceptors (Lipinski definition) is 5. The predicted octanol–water partition coefficient (Wildman–Crippen LogP) is 8.35. The predicted molar refractivity (Wildman–Crippen MR) is 188 cm³/mol. The number of rotatable bonds is 8. The lowest BCUT2D eigenvalue weighted by Gasteiger charge is -2.19. The third-order valence-electron chi connectivity index (χ3n) is 7.67. The average molecular weight is 688 g/mol. The summed E-state index contributed by atoms with van der Waals surface area (Å²) in [5, 5.41) is 1.02. The molecule has 1 N–H and O–H groups in total. The third kappa shape index (κ3) is 7.54. The molecule has 0 spiro atoms. The van der Waals surface area contributed by atoms with Gasteiger partial charge < -0.3 is 9.30 Å². The Balaban J connectivity index is 1.23. The van der Waals surface area contributed by atoms with E-state index in [-0.39, 0.29) is 12.0 Å². The number of halogens is 2. The second kappa shape index (κ2) is 12.9. The van der Waals surface area contributed by atoms with Gasteiger partial charge in [-0.15, -0.1) is 0 Å². The molecule has 0 aliphatic carbocycles. The molecule has 4 aromatic carbocycles. The highest BCUT2D eigenvalue weighted by molar-refractivity contribution is 7.92. The summed E-state index contributed by atoms with van der Waals surface area (Å²) in [5.74, 6) is 1.63. The van der Waals surface area contributed by atoms with Gasteiger partial charge in [-0.05, 0) is 82.8 Å². The summed E-state index contributed by atoms with van der Waals surface area (Å²) in [7, 11) is -3.88. The minimum absolute atomic E-state index is 0.0764. The molecule has 6 rings (SSSR count). The highest BCUT2D eigenvalue weighted by Gasteiger charge is 2.33. The number of hydrogen-bond donors (Lipinski definition) is 1. The molecular formula is C36H32Cl2N4O4S. The fourth-order valence-corrected chi connectivity index (χ4v) is 6.79. The molecule has 0 atom stereocenters. The van der Waals surface area contributed by atoms with Crippen LogP contribution in [0, 0.1) is 0 Å². The Kier molecular flexibility index (Phi) is 8.89. The molecule has 1 aliphatic rings. The molecule has 1 aromatic heterocycles. The molecule has 0 radical (unpaired) electrons. The lowest BCUT2D eigenvalue weighted by atomic mass is 9.87. The Morgan fingerprint density at radius 3 is 2.15 bits per heavy atom. The number of anilines is 1. The number of aromatic nitrogens is 2. The highest BCUT2D eigenvalue weighted by Crippen LogP contribution is 2.31. The molecule has 0 bridgehead atoms. The van der Waals surface area contributed by atoms with Crippen LogP contribution in [0.5, 0.6) is 11.5 Å². The van der Waals surface area contributed by atoms with Crippen molar-refractivity contribution in [1.82, 2.24) is 14.3 Å². The van der Waals surface area contributed by atoms with E-state index in [1.165, 1.54) is 5.56 Å². The van der Waals surface area contributed by atoms with E-state index in [0.29, 0.717) is 33.8 Å². The average Bonchev–Trinajstić information content (AvgIpc) is 3.54. The van der Waals surface area contributed by atoms with E-state index in [1.54, 1.807) is 24.3 Å². The summed E-state index contributed by atoms with van der Waals surface area (Å²) in [4.78, 5) is 16.5. The van der Waals surface area contributed by atoms with Crippen LogP contribution in [0.2, 0.25) is 10.0 Å². The van der Waals surface area contributed by atoms with Crippen LogP contribution in [0.1, 0.15) is 43.3 Å². The summed E-state index contributed by atoms with van der Waals surface area (Å²) in [6, 6.07) is 28.2. The maximum atomic E-state index is 12.3. The van der Waals surface area contributed by atoms with Gasteiger partial charge in [0.05, 0.1) is 16.4 Å². The minimum atomic E-state index is -3.88. The first-order valence-corrected chi connectivity index (χ1v) is 17.1. The van der Waals surface area contributed by atoms with Gasteiger partial charge in [-0.1, -0.05) is 86.4 Å². The van der Waals surface area contributed by atoms with Crippen LogP contribution in [0.15, 0.2) is 97.2 Å². The van der Waals surface area contributed by atoms with Gasteiger partial charge >= 0.3 is 10.2 Å². The van der Waals surface area contributed by atoms with Gasteiger partial charge in [0.2, 0.25) is 0 Å². The van der Waals surface area contributed by atoms with Crippen LogP contribution in [-0.2, 0) is 27.0 Å². The van der Waals surface area contributed by atoms with Gasteiger partial charge in [0, 0.05) is 23.3 Å². The molecule has 47 heavy (non-hydrogen) atoms. The molecule has 5 aromatic rings. The first-order chi connectivity index (χ1) is 22.3. The topological polar surface area (TPSA) is 93.5 Å². The van der Waals surface area contributed by atoms with Crippen LogP contribution in [-0.4, -0.2) is 30.4 Å². The van der Waals surface area contributed by atoms with E-state index in [9.17, 15) is 13.2 Å². The second-order valence-electron chi connectivity index (χ2n) is 12.2. The monoisotopic (exact) mass is 686 g/mol. The summed E-state index contributed by atoms with van der Waals surface area (Å²) in [6.07, 6.45) is 5.81. The van der Waals surface area contributed by atoms with E-state index >= 15 is 0 Å². The van der Waals surface area contributed by atoms with Gasteiger partial charge in [0.25, 0.3) is 5.91 Å². The Morgan fingerprint density at radius 2 is 1.55 bits per heavy atom. The van der Waals surface area contributed by atoms with Crippen molar-refractivity contribution < 1.29 is 17.9 Å². The molecule has 11 heteroatoms. The van der Waals surface area contributed by atoms with Crippen LogP contribution in [0.3, 0.4) is 0 Å². The van der Waals surface area contributed by atoms with Crippen molar-refractivity contribution in [2.75, 3.05) is 10.8 Å². The minimum Gasteiger partial charge on any atom is -0.457 e. The van der Waals surface area contributed by atoms with Crippen molar-refractivity contribution in [2.45, 2.75) is 32.7 Å². The fourth-order valence-electron chi connectivity index (χ4n) is 5.13. The summed E-state index contributed by atoms with van der Waals surface area (Å²) in [5.41, 5.74) is 5.01. The Bertz CT molecular complexity index is 2070. The number of imidazole rings is 1. The van der Waals surface area contributed by atoms with Gasteiger partial charge in [-0.3, -0.25) is 4.79 Å². The van der Waals surface area contributed by atoms with Crippen molar-refractivity contribution in [1.29, 1.82) is 0 Å². The SMILES string of the molecule is CC(C)(C)c1ccc(Oc2ccc(/C=C/c3nc(-c4ccc(Cl)cc4Cl)cn3Cc3ccc(N4CC(=O)NS4(=O)=O)cc3)cc2)cc1. The van der Waals surface area contributed by atoms with E-state index < -0.39 is 16.1 Å². The van der Waals surface area contributed by atoms with Gasteiger partial charge in [0.15, 0.2) is 0 Å². The van der Waals surface area contributed by atoms with Gasteiger partial charge in [-0.25, -0.2) is 14.0 Å². The van der Waals surface area contributed by atoms with Crippen LogP contribution < -0.4 is 13.8 Å². The molecule has 2 heterocycles. The Labute approximate surface area is 284 Å². The first-order valence-electron chi connectivity index (χ1n) is 14.9. The van der Waals surface area contributed by atoms with Crippen molar-refractivity contribution in [3.8, 4) is 22.8 Å². The van der Waals surface area contributed by atoms with E-state index in [2.05, 4.69) is 32.9 Å². The van der Waals surface area contributed by atoms with Crippen molar-refractivity contribution in [3.63, 3.8) is 0 Å². The molecule has 0 saturated carbocycles.